The molecule has 4 heteroatoms. The second-order valence-corrected chi connectivity index (χ2v) is 5.53. The molecule has 1 N–H and O–H groups in total. The van der Waals surface area contributed by atoms with Gasteiger partial charge in [0, 0.05) is 37.1 Å². The number of nitrogens with one attached hydrogen (secondary N) is 1. The Labute approximate surface area is 109 Å². The molecule has 2 atom stereocenters. The molecule has 100 valence electrons. The number of nitrogens with zero attached hydrogens (tertiary/aromatic N) is 2. The third-order valence-corrected chi connectivity index (χ3v) is 4.33. The molecule has 3 rings (SSSR count). The van der Waals surface area contributed by atoms with Crippen LogP contribution in [-0.4, -0.2) is 34.3 Å². The zero-order valence-corrected chi connectivity index (χ0v) is 11.1. The van der Waals surface area contributed by atoms with E-state index in [0.717, 1.165) is 6.61 Å². The van der Waals surface area contributed by atoms with Crippen molar-refractivity contribution in [2.24, 2.45) is 0 Å². The summed E-state index contributed by atoms with van der Waals surface area (Å²) < 4.78 is 7.88. The van der Waals surface area contributed by atoms with Gasteiger partial charge in [-0.2, -0.15) is 0 Å². The molecular weight excluding hydrogens is 226 g/mol. The zero-order chi connectivity index (χ0) is 12.4. The molecule has 1 aromatic heterocycles. The molecule has 0 saturated heterocycles. The largest absolute Gasteiger partial charge is 0.378 e. The summed E-state index contributed by atoms with van der Waals surface area (Å²) in [7, 11) is 0. The van der Waals surface area contributed by atoms with Gasteiger partial charge in [0.25, 0.3) is 0 Å². The van der Waals surface area contributed by atoms with Crippen LogP contribution in [-0.2, 0) is 4.74 Å². The second-order valence-electron chi connectivity index (χ2n) is 5.53. The van der Waals surface area contributed by atoms with Crippen LogP contribution in [0.3, 0.4) is 0 Å². The third-order valence-electron chi connectivity index (χ3n) is 4.33. The molecule has 2 aliphatic carbocycles. The lowest BCUT2D eigenvalue weighted by Crippen LogP contribution is -2.50. The summed E-state index contributed by atoms with van der Waals surface area (Å²) in [6.45, 7) is 2.92. The highest BCUT2D eigenvalue weighted by atomic mass is 16.5. The van der Waals surface area contributed by atoms with Crippen molar-refractivity contribution in [1.29, 1.82) is 0 Å². The lowest BCUT2D eigenvalue weighted by atomic mass is 9.88. The fourth-order valence-corrected chi connectivity index (χ4v) is 3.33. The van der Waals surface area contributed by atoms with E-state index in [0.29, 0.717) is 24.2 Å². The minimum atomic E-state index is 0.501. The molecule has 2 unspecified atom stereocenters. The Morgan fingerprint density at radius 3 is 3.00 bits per heavy atom. The highest BCUT2D eigenvalue weighted by Gasteiger charge is 2.35. The van der Waals surface area contributed by atoms with Crippen LogP contribution < -0.4 is 5.32 Å². The van der Waals surface area contributed by atoms with Gasteiger partial charge in [-0.15, -0.1) is 0 Å². The van der Waals surface area contributed by atoms with E-state index in [1.807, 2.05) is 12.5 Å². The molecule has 1 heterocycles. The zero-order valence-electron chi connectivity index (χ0n) is 11.1. The number of rotatable bonds is 5. The third kappa shape index (κ3) is 2.45. The van der Waals surface area contributed by atoms with Crippen molar-refractivity contribution in [3.05, 3.63) is 18.7 Å². The van der Waals surface area contributed by atoms with Crippen molar-refractivity contribution in [2.45, 2.75) is 63.3 Å². The molecule has 18 heavy (non-hydrogen) atoms. The highest BCUT2D eigenvalue weighted by molar-refractivity contribution is 4.96. The van der Waals surface area contributed by atoms with Gasteiger partial charge in [-0.05, 0) is 39.0 Å². The van der Waals surface area contributed by atoms with Crippen molar-refractivity contribution in [1.82, 2.24) is 14.9 Å². The predicted molar refractivity (Wildman–Crippen MR) is 70.5 cm³/mol. The average molecular weight is 249 g/mol. The van der Waals surface area contributed by atoms with Gasteiger partial charge < -0.3 is 14.6 Å². The quantitative estimate of drug-likeness (QED) is 0.869. The Morgan fingerprint density at radius 1 is 1.39 bits per heavy atom. The number of hydrogen-bond acceptors (Lipinski definition) is 3. The van der Waals surface area contributed by atoms with Gasteiger partial charge in [0.2, 0.25) is 0 Å². The average Bonchev–Trinajstić information content (AvgIpc) is 2.96. The first kappa shape index (κ1) is 12.2. The number of aromatic nitrogens is 2. The van der Waals surface area contributed by atoms with E-state index in [2.05, 4.69) is 28.0 Å². The Morgan fingerprint density at radius 2 is 2.28 bits per heavy atom. The van der Waals surface area contributed by atoms with Crippen molar-refractivity contribution in [3.63, 3.8) is 0 Å². The van der Waals surface area contributed by atoms with Crippen molar-refractivity contribution < 1.29 is 4.74 Å². The monoisotopic (exact) mass is 249 g/mol. The maximum atomic E-state index is 5.62. The minimum absolute atomic E-state index is 0.501. The van der Waals surface area contributed by atoms with E-state index in [9.17, 15) is 0 Å². The Bertz CT molecular complexity index is 359. The minimum Gasteiger partial charge on any atom is -0.378 e. The fourth-order valence-electron chi connectivity index (χ4n) is 3.33. The number of ether oxygens (including phenoxy) is 1. The van der Waals surface area contributed by atoms with Crippen LogP contribution in [0.4, 0.5) is 0 Å². The van der Waals surface area contributed by atoms with Gasteiger partial charge in [0.1, 0.15) is 0 Å². The van der Waals surface area contributed by atoms with Crippen LogP contribution in [0.2, 0.25) is 0 Å². The second kappa shape index (κ2) is 5.41. The molecule has 4 nitrogen and oxygen atoms in total. The van der Waals surface area contributed by atoms with Gasteiger partial charge in [-0.3, -0.25) is 0 Å². The van der Waals surface area contributed by atoms with Crippen LogP contribution in [0, 0.1) is 0 Å². The van der Waals surface area contributed by atoms with E-state index in [1.54, 1.807) is 0 Å². The molecule has 1 aromatic rings. The van der Waals surface area contributed by atoms with E-state index < -0.39 is 0 Å². The van der Waals surface area contributed by atoms with Crippen LogP contribution >= 0.6 is 0 Å². The predicted octanol–water partition coefficient (Wildman–Crippen LogP) is 2.13. The molecule has 0 bridgehead atoms. The molecule has 0 spiro atoms. The van der Waals surface area contributed by atoms with Gasteiger partial charge in [-0.1, -0.05) is 0 Å². The van der Waals surface area contributed by atoms with E-state index >= 15 is 0 Å². The number of imidazole rings is 1. The smallest absolute Gasteiger partial charge is 0.0949 e. The molecule has 0 amide bonds. The van der Waals surface area contributed by atoms with Gasteiger partial charge in [0.15, 0.2) is 0 Å². The summed E-state index contributed by atoms with van der Waals surface area (Å²) in [4.78, 5) is 4.17. The SMILES string of the molecule is CCOC1CC(NC2CCCC2n2ccnc2)C1. The Kier molecular flexibility index (Phi) is 3.66. The van der Waals surface area contributed by atoms with Gasteiger partial charge >= 0.3 is 0 Å². The number of hydrogen-bond donors (Lipinski definition) is 1. The lowest BCUT2D eigenvalue weighted by molar-refractivity contribution is -0.0132. The summed E-state index contributed by atoms with van der Waals surface area (Å²) >= 11 is 0. The van der Waals surface area contributed by atoms with E-state index in [4.69, 9.17) is 4.74 Å². The summed E-state index contributed by atoms with van der Waals surface area (Å²) in [5.74, 6) is 0. The Balaban J connectivity index is 1.51. The molecule has 2 saturated carbocycles. The van der Waals surface area contributed by atoms with Crippen LogP contribution in [0.15, 0.2) is 18.7 Å². The van der Waals surface area contributed by atoms with Crippen molar-refractivity contribution in [3.8, 4) is 0 Å². The Hall–Kier alpha value is -0.870. The maximum Gasteiger partial charge on any atom is 0.0949 e. The fraction of sp³-hybridized carbons (Fsp3) is 0.786. The normalized spacial score (nSPS) is 35.6. The van der Waals surface area contributed by atoms with E-state index in [-0.39, 0.29) is 0 Å². The first-order valence-electron chi connectivity index (χ1n) is 7.22. The topological polar surface area (TPSA) is 39.1 Å². The summed E-state index contributed by atoms with van der Waals surface area (Å²) in [6, 6.07) is 1.88. The standard InChI is InChI=1S/C14H23N3O/c1-2-18-12-8-11(9-12)16-13-4-3-5-14(13)17-7-6-15-10-17/h6-7,10-14,16H,2-5,8-9H2,1H3. The van der Waals surface area contributed by atoms with Crippen molar-refractivity contribution >= 4 is 0 Å². The van der Waals surface area contributed by atoms with Crippen molar-refractivity contribution in [2.75, 3.05) is 6.61 Å². The van der Waals surface area contributed by atoms with Crippen LogP contribution in [0.5, 0.6) is 0 Å². The molecule has 2 aliphatic rings. The molecular formula is C14H23N3O. The van der Waals surface area contributed by atoms with Crippen LogP contribution in [0.1, 0.15) is 45.1 Å². The molecule has 0 aromatic carbocycles. The summed E-state index contributed by atoms with van der Waals surface area (Å²) in [5.41, 5.74) is 0. The summed E-state index contributed by atoms with van der Waals surface area (Å²) in [6.07, 6.45) is 12.7. The summed E-state index contributed by atoms with van der Waals surface area (Å²) in [5, 5.41) is 3.81. The first-order valence-corrected chi connectivity index (χ1v) is 7.22. The maximum absolute atomic E-state index is 5.62. The van der Waals surface area contributed by atoms with Gasteiger partial charge in [0.05, 0.1) is 12.4 Å². The van der Waals surface area contributed by atoms with E-state index in [1.165, 1.54) is 32.1 Å². The molecule has 0 aliphatic heterocycles. The lowest BCUT2D eigenvalue weighted by Gasteiger charge is -2.38. The van der Waals surface area contributed by atoms with Crippen LogP contribution in [0.25, 0.3) is 0 Å². The highest BCUT2D eigenvalue weighted by Crippen LogP contribution is 2.33. The molecule has 0 radical (unpaired) electrons. The van der Waals surface area contributed by atoms with Gasteiger partial charge in [-0.25, -0.2) is 4.98 Å². The first-order chi connectivity index (χ1) is 8.86. The molecule has 2 fully saturated rings.